The Morgan fingerprint density at radius 2 is 1.88 bits per heavy atom. The van der Waals surface area contributed by atoms with Crippen LogP contribution in [-0.4, -0.2) is 28.0 Å². The van der Waals surface area contributed by atoms with Crippen LogP contribution in [0.2, 0.25) is 5.02 Å². The second-order valence-corrected chi connectivity index (χ2v) is 7.31. The van der Waals surface area contributed by atoms with E-state index in [9.17, 15) is 0 Å². The number of rotatable bonds is 4. The van der Waals surface area contributed by atoms with Crippen molar-refractivity contribution < 1.29 is 9.47 Å². The average Bonchev–Trinajstić information content (AvgIpc) is 2.87. The van der Waals surface area contributed by atoms with Gasteiger partial charge in [0, 0.05) is 29.8 Å². The molecule has 4 rings (SSSR count). The fourth-order valence-corrected chi connectivity index (χ4v) is 3.95. The van der Waals surface area contributed by atoms with Crippen LogP contribution in [0.3, 0.4) is 0 Å². The summed E-state index contributed by atoms with van der Waals surface area (Å²) in [5, 5.41) is 10.3. The number of fused-ring (bicyclic) bond motifs is 1. The van der Waals surface area contributed by atoms with Gasteiger partial charge in [-0.1, -0.05) is 41.6 Å². The van der Waals surface area contributed by atoms with E-state index in [1.54, 1.807) is 11.8 Å². The van der Waals surface area contributed by atoms with Gasteiger partial charge in [-0.15, -0.1) is 10.2 Å². The van der Waals surface area contributed by atoms with Crippen molar-refractivity contribution in [2.45, 2.75) is 17.3 Å². The Labute approximate surface area is 161 Å². The molecule has 0 fully saturated rings. The lowest BCUT2D eigenvalue weighted by Crippen LogP contribution is -1.97. The number of aromatic nitrogens is 3. The van der Waals surface area contributed by atoms with Crippen molar-refractivity contribution in [2.24, 2.45) is 7.05 Å². The molecule has 5 nitrogen and oxygen atoms in total. The maximum absolute atomic E-state index is 6.23. The molecule has 0 radical (unpaired) electrons. The van der Waals surface area contributed by atoms with Gasteiger partial charge in [0.15, 0.2) is 22.5 Å². The summed E-state index contributed by atoms with van der Waals surface area (Å²) in [6, 6.07) is 13.7. The number of benzene rings is 2. The highest BCUT2D eigenvalue weighted by molar-refractivity contribution is 7.98. The molecule has 0 aliphatic carbocycles. The first kappa shape index (κ1) is 17.2. The van der Waals surface area contributed by atoms with Crippen LogP contribution in [0.15, 0.2) is 47.6 Å². The molecule has 0 unspecified atom stereocenters. The Balaban J connectivity index is 1.56. The maximum atomic E-state index is 6.23. The first-order valence-electron chi connectivity index (χ1n) is 8.38. The van der Waals surface area contributed by atoms with E-state index in [1.165, 1.54) is 0 Å². The summed E-state index contributed by atoms with van der Waals surface area (Å²) in [6.07, 6.45) is 0.886. The number of hydrogen-bond acceptors (Lipinski definition) is 5. The molecule has 0 spiro atoms. The number of ether oxygens (including phenoxy) is 2. The fourth-order valence-electron chi connectivity index (χ4n) is 2.75. The van der Waals surface area contributed by atoms with Gasteiger partial charge in [0.1, 0.15) is 0 Å². The lowest BCUT2D eigenvalue weighted by Gasteiger charge is -2.09. The summed E-state index contributed by atoms with van der Waals surface area (Å²) in [7, 11) is 1.97. The van der Waals surface area contributed by atoms with Crippen molar-refractivity contribution in [1.82, 2.24) is 14.8 Å². The summed E-state index contributed by atoms with van der Waals surface area (Å²) in [6.45, 7) is 1.34. The van der Waals surface area contributed by atoms with Crippen molar-refractivity contribution >= 4 is 23.4 Å². The highest BCUT2D eigenvalue weighted by atomic mass is 35.5. The van der Waals surface area contributed by atoms with Gasteiger partial charge in [0.05, 0.1) is 13.2 Å². The van der Waals surface area contributed by atoms with E-state index in [4.69, 9.17) is 21.1 Å². The first-order valence-corrected chi connectivity index (χ1v) is 9.74. The number of nitrogens with zero attached hydrogens (tertiary/aromatic N) is 3. The van der Waals surface area contributed by atoms with Gasteiger partial charge >= 0.3 is 0 Å². The topological polar surface area (TPSA) is 49.2 Å². The monoisotopic (exact) mass is 387 g/mol. The van der Waals surface area contributed by atoms with Crippen molar-refractivity contribution in [3.8, 4) is 22.9 Å². The Morgan fingerprint density at radius 1 is 1.08 bits per heavy atom. The van der Waals surface area contributed by atoms with Crippen LogP contribution in [0, 0.1) is 0 Å². The van der Waals surface area contributed by atoms with Crippen molar-refractivity contribution in [3.63, 3.8) is 0 Å². The maximum Gasteiger partial charge on any atom is 0.191 e. The third-order valence-corrected chi connectivity index (χ3v) is 5.59. The zero-order valence-corrected chi connectivity index (χ0v) is 15.9. The molecule has 26 heavy (non-hydrogen) atoms. The Hall–Kier alpha value is -2.18. The second kappa shape index (κ2) is 7.60. The molecular formula is C19H18ClN3O2S. The van der Waals surface area contributed by atoms with E-state index >= 15 is 0 Å². The normalized spacial score (nSPS) is 13.5. The molecule has 2 aromatic carbocycles. The van der Waals surface area contributed by atoms with Crippen LogP contribution in [0.5, 0.6) is 11.5 Å². The largest absolute Gasteiger partial charge is 0.490 e. The van der Waals surface area contributed by atoms with Crippen LogP contribution >= 0.6 is 23.4 Å². The van der Waals surface area contributed by atoms with E-state index in [2.05, 4.69) is 10.2 Å². The molecule has 1 aromatic heterocycles. The van der Waals surface area contributed by atoms with Gasteiger partial charge in [0.25, 0.3) is 0 Å². The van der Waals surface area contributed by atoms with Gasteiger partial charge in [-0.05, 0) is 29.8 Å². The van der Waals surface area contributed by atoms with Crippen molar-refractivity contribution in [3.05, 3.63) is 53.1 Å². The third kappa shape index (κ3) is 3.52. The zero-order chi connectivity index (χ0) is 17.9. The number of hydrogen-bond donors (Lipinski definition) is 0. The molecule has 3 aromatic rings. The van der Waals surface area contributed by atoms with Gasteiger partial charge in [0.2, 0.25) is 0 Å². The first-order chi connectivity index (χ1) is 12.7. The molecule has 1 aliphatic heterocycles. The van der Waals surface area contributed by atoms with Crippen molar-refractivity contribution in [2.75, 3.05) is 13.2 Å². The summed E-state index contributed by atoms with van der Waals surface area (Å²) in [5.41, 5.74) is 2.04. The summed E-state index contributed by atoms with van der Waals surface area (Å²) < 4.78 is 13.4. The van der Waals surface area contributed by atoms with Crippen molar-refractivity contribution in [1.29, 1.82) is 0 Å². The predicted octanol–water partition coefficient (Wildman–Crippen LogP) is 4.59. The Kier molecular flexibility index (Phi) is 5.04. The molecular weight excluding hydrogens is 370 g/mol. The molecule has 134 valence electrons. The standard InChI is InChI=1S/C19H18ClN3O2S/c1-23-18(13-7-8-16-17(11-13)25-10-4-9-24-16)21-22-19(23)26-12-14-5-2-3-6-15(14)20/h2-3,5-8,11H,4,9-10,12H2,1H3. The van der Waals surface area contributed by atoms with E-state index in [1.807, 2.05) is 54.1 Å². The lowest BCUT2D eigenvalue weighted by molar-refractivity contribution is 0.297. The zero-order valence-electron chi connectivity index (χ0n) is 14.3. The van der Waals surface area contributed by atoms with Crippen LogP contribution in [-0.2, 0) is 12.8 Å². The van der Waals surface area contributed by atoms with Gasteiger partial charge in [-0.3, -0.25) is 0 Å². The molecule has 0 amide bonds. The Bertz CT molecular complexity index is 929. The quantitative estimate of drug-likeness (QED) is 0.613. The van der Waals surface area contributed by atoms with E-state index < -0.39 is 0 Å². The lowest BCUT2D eigenvalue weighted by atomic mass is 10.2. The van der Waals surface area contributed by atoms with Gasteiger partial charge in [-0.25, -0.2) is 0 Å². The molecule has 0 atom stereocenters. The third-order valence-electron chi connectivity index (χ3n) is 4.16. The van der Waals surface area contributed by atoms with Crippen LogP contribution in [0.25, 0.3) is 11.4 Å². The molecule has 7 heteroatoms. The molecule has 0 N–H and O–H groups in total. The van der Waals surface area contributed by atoms with Gasteiger partial charge < -0.3 is 14.0 Å². The van der Waals surface area contributed by atoms with Crippen LogP contribution in [0.1, 0.15) is 12.0 Å². The SMILES string of the molecule is Cn1c(SCc2ccccc2Cl)nnc1-c1ccc2c(c1)OCCCO2. The summed E-state index contributed by atoms with van der Waals surface area (Å²) in [4.78, 5) is 0. The predicted molar refractivity (Wildman–Crippen MR) is 103 cm³/mol. The highest BCUT2D eigenvalue weighted by Crippen LogP contribution is 2.34. The second-order valence-electron chi connectivity index (χ2n) is 5.96. The fraction of sp³-hybridized carbons (Fsp3) is 0.263. The summed E-state index contributed by atoms with van der Waals surface area (Å²) >= 11 is 7.84. The molecule has 0 saturated heterocycles. The highest BCUT2D eigenvalue weighted by Gasteiger charge is 2.16. The van der Waals surface area contributed by atoms with E-state index in [0.29, 0.717) is 13.2 Å². The van der Waals surface area contributed by atoms with E-state index in [-0.39, 0.29) is 0 Å². The average molecular weight is 388 g/mol. The number of halogens is 1. The van der Waals surface area contributed by atoms with Crippen LogP contribution < -0.4 is 9.47 Å². The Morgan fingerprint density at radius 3 is 2.73 bits per heavy atom. The molecule has 0 bridgehead atoms. The minimum Gasteiger partial charge on any atom is -0.490 e. The number of thioether (sulfide) groups is 1. The molecule has 1 aliphatic rings. The smallest absolute Gasteiger partial charge is 0.191 e. The van der Waals surface area contributed by atoms with Crippen LogP contribution in [0.4, 0.5) is 0 Å². The minimum atomic E-state index is 0.661. The summed E-state index contributed by atoms with van der Waals surface area (Å²) in [5.74, 6) is 3.07. The van der Waals surface area contributed by atoms with E-state index in [0.717, 1.165) is 50.8 Å². The minimum absolute atomic E-state index is 0.661. The van der Waals surface area contributed by atoms with Gasteiger partial charge in [-0.2, -0.15) is 0 Å². The molecule has 0 saturated carbocycles. The molecule has 2 heterocycles.